The Bertz CT molecular complexity index is 1260. The zero-order valence-electron chi connectivity index (χ0n) is 17.6. The Labute approximate surface area is 194 Å². The molecule has 0 aliphatic carbocycles. The number of furan rings is 1. The minimum absolute atomic E-state index is 0.0293. The van der Waals surface area contributed by atoms with Crippen LogP contribution in [0.5, 0.6) is 0 Å². The lowest BCUT2D eigenvalue weighted by atomic mass is 10.1. The highest BCUT2D eigenvalue weighted by Crippen LogP contribution is 2.37. The molecule has 1 aliphatic rings. The van der Waals surface area contributed by atoms with Crippen LogP contribution in [0.4, 0.5) is 17.1 Å². The predicted octanol–water partition coefficient (Wildman–Crippen LogP) is 5.64. The molecule has 162 valence electrons. The number of hydrogen-bond acceptors (Lipinski definition) is 7. The summed E-state index contributed by atoms with van der Waals surface area (Å²) in [4.78, 5) is 27.7. The van der Waals surface area contributed by atoms with E-state index in [4.69, 9.17) is 16.6 Å². The maximum atomic E-state index is 13.0. The maximum absolute atomic E-state index is 13.0. The topological polar surface area (TPSA) is 79.8 Å². The van der Waals surface area contributed by atoms with E-state index >= 15 is 0 Å². The summed E-state index contributed by atoms with van der Waals surface area (Å²) in [5, 5.41) is 11.2. The van der Waals surface area contributed by atoms with Crippen LogP contribution in [0.2, 0.25) is 0 Å². The average molecular weight is 466 g/mol. The van der Waals surface area contributed by atoms with Crippen LogP contribution in [-0.4, -0.2) is 29.2 Å². The smallest absolute Gasteiger partial charge is 0.273 e. The summed E-state index contributed by atoms with van der Waals surface area (Å²) in [7, 11) is 3.90. The Balaban J connectivity index is 1.60. The molecule has 1 saturated heterocycles. The fourth-order valence-electron chi connectivity index (χ4n) is 3.38. The summed E-state index contributed by atoms with van der Waals surface area (Å²) in [5.41, 5.74) is 2.91. The molecule has 1 aromatic heterocycles. The molecule has 1 fully saturated rings. The molecule has 0 radical (unpaired) electrons. The van der Waals surface area contributed by atoms with Gasteiger partial charge in [-0.15, -0.1) is 0 Å². The van der Waals surface area contributed by atoms with Crippen LogP contribution in [0.25, 0.3) is 17.4 Å². The summed E-state index contributed by atoms with van der Waals surface area (Å²) in [6, 6.07) is 15.9. The van der Waals surface area contributed by atoms with Crippen molar-refractivity contribution in [3.05, 3.63) is 80.9 Å². The summed E-state index contributed by atoms with van der Waals surface area (Å²) in [6.07, 6.45) is 1.64. The Morgan fingerprint density at radius 2 is 1.84 bits per heavy atom. The third-order valence-corrected chi connectivity index (χ3v) is 6.39. The second-order valence-corrected chi connectivity index (χ2v) is 9.01. The molecule has 9 heteroatoms. The Morgan fingerprint density at radius 1 is 1.12 bits per heavy atom. The van der Waals surface area contributed by atoms with E-state index < -0.39 is 4.92 Å². The van der Waals surface area contributed by atoms with E-state index in [1.54, 1.807) is 37.3 Å². The predicted molar refractivity (Wildman–Crippen MR) is 132 cm³/mol. The van der Waals surface area contributed by atoms with Gasteiger partial charge in [-0.25, -0.2) is 0 Å². The van der Waals surface area contributed by atoms with Crippen molar-refractivity contribution in [1.82, 2.24) is 0 Å². The highest BCUT2D eigenvalue weighted by atomic mass is 32.2. The fourth-order valence-corrected chi connectivity index (χ4v) is 4.66. The lowest BCUT2D eigenvalue weighted by Gasteiger charge is -2.17. The van der Waals surface area contributed by atoms with Gasteiger partial charge in [-0.05, 0) is 43.3 Å². The van der Waals surface area contributed by atoms with Crippen LogP contribution in [0.3, 0.4) is 0 Å². The Hall–Kier alpha value is -3.43. The third-order valence-electron chi connectivity index (χ3n) is 5.09. The van der Waals surface area contributed by atoms with Crippen LogP contribution < -0.4 is 9.80 Å². The van der Waals surface area contributed by atoms with E-state index in [9.17, 15) is 14.9 Å². The zero-order chi connectivity index (χ0) is 23.0. The molecule has 32 heavy (non-hydrogen) atoms. The molecule has 0 bridgehead atoms. The van der Waals surface area contributed by atoms with Crippen molar-refractivity contribution in [2.24, 2.45) is 0 Å². The Morgan fingerprint density at radius 3 is 2.50 bits per heavy atom. The van der Waals surface area contributed by atoms with Gasteiger partial charge in [-0.2, -0.15) is 0 Å². The number of nitro benzene ring substituents is 1. The summed E-state index contributed by atoms with van der Waals surface area (Å²) < 4.78 is 6.33. The lowest BCUT2D eigenvalue weighted by molar-refractivity contribution is -0.385. The van der Waals surface area contributed by atoms with Gasteiger partial charge >= 0.3 is 0 Å². The van der Waals surface area contributed by atoms with Crippen molar-refractivity contribution < 1.29 is 14.1 Å². The number of thiocarbonyl (C=S) groups is 1. The number of benzene rings is 2. The third kappa shape index (κ3) is 4.04. The fraction of sp³-hybridized carbons (Fsp3) is 0.130. The highest BCUT2D eigenvalue weighted by Gasteiger charge is 2.33. The molecule has 3 aromatic rings. The van der Waals surface area contributed by atoms with Crippen molar-refractivity contribution in [2.45, 2.75) is 6.92 Å². The average Bonchev–Trinajstić information content (AvgIpc) is 3.32. The molecule has 7 nitrogen and oxygen atoms in total. The molecule has 0 atom stereocenters. The SMILES string of the molecule is Cc1c(-c2ccc(/C=C3\SC(=S)N(c4ccc(N(C)C)cc4)C3=O)o2)cccc1[N+](=O)[O-]. The van der Waals surface area contributed by atoms with Gasteiger partial charge in [0.1, 0.15) is 11.5 Å². The van der Waals surface area contributed by atoms with Crippen LogP contribution in [0, 0.1) is 17.0 Å². The molecule has 2 heterocycles. The second kappa shape index (κ2) is 8.60. The highest BCUT2D eigenvalue weighted by molar-refractivity contribution is 8.27. The van der Waals surface area contributed by atoms with Gasteiger partial charge in [0.15, 0.2) is 4.32 Å². The van der Waals surface area contributed by atoms with Crippen molar-refractivity contribution in [3.8, 4) is 11.3 Å². The summed E-state index contributed by atoms with van der Waals surface area (Å²) in [6.45, 7) is 1.68. The van der Waals surface area contributed by atoms with E-state index in [2.05, 4.69) is 0 Å². The molecule has 1 amide bonds. The summed E-state index contributed by atoms with van der Waals surface area (Å²) in [5.74, 6) is 0.739. The standard InChI is InChI=1S/C23H19N3O4S2/c1-14-18(5-4-6-19(14)26(28)29)20-12-11-17(30-20)13-21-22(27)25(23(31)32-21)16-9-7-15(8-10-16)24(2)3/h4-13H,1-3H3/b21-13-. The number of nitrogens with zero attached hydrogens (tertiary/aromatic N) is 3. The maximum Gasteiger partial charge on any atom is 0.273 e. The quantitative estimate of drug-likeness (QED) is 0.209. The molecule has 4 rings (SSSR count). The molecule has 2 aromatic carbocycles. The van der Waals surface area contributed by atoms with E-state index in [1.807, 2.05) is 43.3 Å². The minimum Gasteiger partial charge on any atom is -0.457 e. The number of nitro groups is 1. The normalized spacial score (nSPS) is 15.0. The summed E-state index contributed by atoms with van der Waals surface area (Å²) >= 11 is 6.64. The molecule has 1 aliphatic heterocycles. The van der Waals surface area contributed by atoms with Gasteiger partial charge < -0.3 is 9.32 Å². The molecule has 0 saturated carbocycles. The van der Waals surface area contributed by atoms with Gasteiger partial charge in [-0.3, -0.25) is 19.8 Å². The number of anilines is 2. The van der Waals surface area contributed by atoms with Gasteiger partial charge in [0.05, 0.1) is 15.5 Å². The number of amides is 1. The number of thioether (sulfide) groups is 1. The molecule has 0 spiro atoms. The number of carbonyl (C=O) groups is 1. The van der Waals surface area contributed by atoms with Crippen LogP contribution in [0.15, 0.2) is 63.9 Å². The number of hydrogen-bond donors (Lipinski definition) is 0. The molecular weight excluding hydrogens is 446 g/mol. The van der Waals surface area contributed by atoms with E-state index in [-0.39, 0.29) is 11.6 Å². The first kappa shape index (κ1) is 21.8. The monoisotopic (exact) mass is 465 g/mol. The molecule has 0 N–H and O–H groups in total. The molecular formula is C23H19N3O4S2. The first-order chi connectivity index (χ1) is 15.3. The first-order valence-corrected chi connectivity index (χ1v) is 10.9. The van der Waals surface area contributed by atoms with Crippen LogP contribution in [0.1, 0.15) is 11.3 Å². The van der Waals surface area contributed by atoms with E-state index in [0.717, 1.165) is 5.69 Å². The van der Waals surface area contributed by atoms with Gasteiger partial charge in [-0.1, -0.05) is 36.1 Å². The zero-order valence-corrected chi connectivity index (χ0v) is 19.2. The van der Waals surface area contributed by atoms with Crippen molar-refractivity contribution in [3.63, 3.8) is 0 Å². The van der Waals surface area contributed by atoms with Crippen LogP contribution in [-0.2, 0) is 4.79 Å². The van der Waals surface area contributed by atoms with Crippen LogP contribution >= 0.6 is 24.0 Å². The van der Waals surface area contributed by atoms with Crippen molar-refractivity contribution >= 4 is 57.3 Å². The van der Waals surface area contributed by atoms with Gasteiger partial charge in [0.2, 0.25) is 0 Å². The van der Waals surface area contributed by atoms with Crippen molar-refractivity contribution in [2.75, 3.05) is 23.9 Å². The second-order valence-electron chi connectivity index (χ2n) is 7.34. The van der Waals surface area contributed by atoms with E-state index in [0.29, 0.717) is 37.6 Å². The largest absolute Gasteiger partial charge is 0.457 e. The Kier molecular flexibility index (Phi) is 5.86. The van der Waals surface area contributed by atoms with E-state index in [1.165, 1.54) is 22.7 Å². The lowest BCUT2D eigenvalue weighted by Crippen LogP contribution is -2.27. The van der Waals surface area contributed by atoms with Gasteiger partial charge in [0, 0.05) is 43.1 Å². The number of rotatable bonds is 5. The first-order valence-electron chi connectivity index (χ1n) is 9.66. The molecule has 0 unspecified atom stereocenters. The minimum atomic E-state index is -0.418. The van der Waals surface area contributed by atoms with Gasteiger partial charge in [0.25, 0.3) is 11.6 Å². The number of carbonyl (C=O) groups excluding carboxylic acids is 1. The van der Waals surface area contributed by atoms with Crippen molar-refractivity contribution in [1.29, 1.82) is 0 Å².